The molecule has 2 unspecified atom stereocenters. The summed E-state index contributed by atoms with van der Waals surface area (Å²) in [6, 6.07) is 0. The molecule has 2 heterocycles. The molecule has 0 amide bonds. The van der Waals surface area contributed by atoms with E-state index in [9.17, 15) is 5.11 Å². The lowest BCUT2D eigenvalue weighted by molar-refractivity contribution is -0.117. The number of hydrogen-bond donors (Lipinski definition) is 2. The van der Waals surface area contributed by atoms with Crippen molar-refractivity contribution in [3.8, 4) is 0 Å². The molecular formula is C7H10N2O2. The highest BCUT2D eigenvalue weighted by Crippen LogP contribution is 2.24. The Morgan fingerprint density at radius 1 is 1.73 bits per heavy atom. The van der Waals surface area contributed by atoms with Gasteiger partial charge < -0.3 is 5.11 Å². The molecule has 1 fully saturated rings. The number of allylic oxidation sites excluding steroid dienone is 1. The van der Waals surface area contributed by atoms with Crippen LogP contribution in [0.1, 0.15) is 6.42 Å². The van der Waals surface area contributed by atoms with Crippen molar-refractivity contribution in [3.05, 3.63) is 11.8 Å². The van der Waals surface area contributed by atoms with Gasteiger partial charge in [0.05, 0.1) is 5.92 Å². The molecule has 2 atom stereocenters. The molecule has 4 nitrogen and oxygen atoms in total. The summed E-state index contributed by atoms with van der Waals surface area (Å²) in [5, 5.41) is 9.27. The lowest BCUT2D eigenvalue weighted by atomic mass is 10.0. The third kappa shape index (κ3) is 1.15. The third-order valence-electron chi connectivity index (χ3n) is 1.97. The van der Waals surface area contributed by atoms with Gasteiger partial charge in [-0.15, -0.1) is 0 Å². The molecule has 4 heteroatoms. The maximum Gasteiger partial charge on any atom is 0.189 e. The normalized spacial score (nSPS) is 35.5. The summed E-state index contributed by atoms with van der Waals surface area (Å²) in [6.07, 6.45) is 3.72. The second kappa shape index (κ2) is 2.64. The van der Waals surface area contributed by atoms with Crippen LogP contribution in [0.5, 0.6) is 0 Å². The fraction of sp³-hybridized carbons (Fsp3) is 0.571. The third-order valence-corrected chi connectivity index (χ3v) is 1.97. The summed E-state index contributed by atoms with van der Waals surface area (Å²) in [5.74, 6) is 0.0810. The fourth-order valence-corrected chi connectivity index (χ4v) is 1.32. The first-order chi connectivity index (χ1) is 5.38. The Labute approximate surface area is 64.5 Å². The maximum absolute atomic E-state index is 9.27. The van der Waals surface area contributed by atoms with Crippen LogP contribution in [0.15, 0.2) is 16.8 Å². The van der Waals surface area contributed by atoms with Gasteiger partial charge in [0.25, 0.3) is 0 Å². The fourth-order valence-electron chi connectivity index (χ4n) is 1.32. The van der Waals surface area contributed by atoms with Crippen molar-refractivity contribution >= 4 is 6.21 Å². The second-order valence-corrected chi connectivity index (χ2v) is 2.68. The topological polar surface area (TPSA) is 53.9 Å². The van der Waals surface area contributed by atoms with Crippen molar-refractivity contribution in [3.63, 3.8) is 0 Å². The first-order valence-electron chi connectivity index (χ1n) is 3.67. The average Bonchev–Trinajstić information content (AvgIpc) is 2.25. The standard InChI is InChI=1S/C7H10N2O2/c10-7-5-1-3-8-4-2-6(5)9-11-7/h2,4-5,7,9-10H,1,3H2. The number of aliphatic imine (C=N–C) groups is 1. The van der Waals surface area contributed by atoms with Crippen LogP contribution < -0.4 is 5.48 Å². The van der Waals surface area contributed by atoms with E-state index in [2.05, 4.69) is 10.5 Å². The van der Waals surface area contributed by atoms with E-state index in [1.807, 2.05) is 6.08 Å². The minimum Gasteiger partial charge on any atom is -0.366 e. The molecule has 2 N–H and O–H groups in total. The number of nitrogens with one attached hydrogen (secondary N) is 1. The van der Waals surface area contributed by atoms with Crippen molar-refractivity contribution in [2.45, 2.75) is 12.7 Å². The van der Waals surface area contributed by atoms with E-state index in [1.54, 1.807) is 6.21 Å². The molecule has 2 aliphatic heterocycles. The van der Waals surface area contributed by atoms with Gasteiger partial charge in [0.15, 0.2) is 6.29 Å². The molecule has 0 saturated carbocycles. The van der Waals surface area contributed by atoms with E-state index in [0.717, 1.165) is 18.7 Å². The van der Waals surface area contributed by atoms with Gasteiger partial charge in [0.1, 0.15) is 0 Å². The van der Waals surface area contributed by atoms with E-state index in [-0.39, 0.29) is 5.92 Å². The Bertz CT molecular complexity index is 212. The van der Waals surface area contributed by atoms with Crippen molar-refractivity contribution in [2.75, 3.05) is 6.54 Å². The van der Waals surface area contributed by atoms with Gasteiger partial charge in [-0.25, -0.2) is 4.84 Å². The van der Waals surface area contributed by atoms with Crippen LogP contribution in [0.4, 0.5) is 0 Å². The molecule has 0 bridgehead atoms. The molecule has 2 aliphatic rings. The van der Waals surface area contributed by atoms with Crippen LogP contribution in [0.3, 0.4) is 0 Å². The number of aliphatic hydroxyl groups excluding tert-OH is 1. The molecule has 60 valence electrons. The number of aliphatic hydroxyl groups is 1. The highest BCUT2D eigenvalue weighted by molar-refractivity contribution is 5.72. The molecule has 0 aromatic heterocycles. The Morgan fingerprint density at radius 3 is 3.55 bits per heavy atom. The lowest BCUT2D eigenvalue weighted by Crippen LogP contribution is -2.16. The molecule has 0 aliphatic carbocycles. The van der Waals surface area contributed by atoms with Gasteiger partial charge in [0.2, 0.25) is 0 Å². The van der Waals surface area contributed by atoms with Gasteiger partial charge in [-0.05, 0) is 12.5 Å². The SMILES string of the molecule is OC1ONC2=CC=NCCC21. The predicted molar refractivity (Wildman–Crippen MR) is 39.8 cm³/mol. The Balaban J connectivity index is 2.19. The predicted octanol–water partition coefficient (Wildman–Crippen LogP) is -0.186. The summed E-state index contributed by atoms with van der Waals surface area (Å²) in [6.45, 7) is 0.757. The molecule has 0 spiro atoms. The monoisotopic (exact) mass is 154 g/mol. The van der Waals surface area contributed by atoms with E-state index < -0.39 is 6.29 Å². The minimum atomic E-state index is -0.706. The van der Waals surface area contributed by atoms with Crippen molar-refractivity contribution in [1.82, 2.24) is 5.48 Å². The molecule has 0 aromatic rings. The second-order valence-electron chi connectivity index (χ2n) is 2.68. The smallest absolute Gasteiger partial charge is 0.189 e. The number of nitrogens with zero attached hydrogens (tertiary/aromatic N) is 1. The summed E-state index contributed by atoms with van der Waals surface area (Å²) in [4.78, 5) is 8.91. The van der Waals surface area contributed by atoms with Gasteiger partial charge >= 0.3 is 0 Å². The number of hydrogen-bond acceptors (Lipinski definition) is 4. The van der Waals surface area contributed by atoms with Crippen molar-refractivity contribution in [2.24, 2.45) is 10.9 Å². The summed E-state index contributed by atoms with van der Waals surface area (Å²) >= 11 is 0. The van der Waals surface area contributed by atoms with Gasteiger partial charge in [0, 0.05) is 18.5 Å². The largest absolute Gasteiger partial charge is 0.366 e. The molecule has 0 aromatic carbocycles. The number of hydroxylamine groups is 1. The highest BCUT2D eigenvalue weighted by atomic mass is 16.7. The average molecular weight is 154 g/mol. The Hall–Kier alpha value is -0.870. The van der Waals surface area contributed by atoms with Crippen LogP contribution in [-0.2, 0) is 4.84 Å². The van der Waals surface area contributed by atoms with Crippen LogP contribution >= 0.6 is 0 Å². The van der Waals surface area contributed by atoms with E-state index in [4.69, 9.17) is 4.84 Å². The Morgan fingerprint density at radius 2 is 2.64 bits per heavy atom. The summed E-state index contributed by atoms with van der Waals surface area (Å²) in [7, 11) is 0. The molecule has 2 rings (SSSR count). The zero-order chi connectivity index (χ0) is 7.68. The molecule has 1 saturated heterocycles. The van der Waals surface area contributed by atoms with Crippen LogP contribution in [0, 0.1) is 5.92 Å². The molecular weight excluding hydrogens is 144 g/mol. The number of fused-ring (bicyclic) bond motifs is 1. The van der Waals surface area contributed by atoms with Crippen LogP contribution in [-0.4, -0.2) is 24.2 Å². The van der Waals surface area contributed by atoms with Gasteiger partial charge in [-0.2, -0.15) is 0 Å². The van der Waals surface area contributed by atoms with E-state index >= 15 is 0 Å². The first kappa shape index (κ1) is 6.82. The van der Waals surface area contributed by atoms with E-state index in [0.29, 0.717) is 0 Å². The maximum atomic E-state index is 9.27. The van der Waals surface area contributed by atoms with Crippen LogP contribution in [0.25, 0.3) is 0 Å². The van der Waals surface area contributed by atoms with Gasteiger partial charge in [-0.3, -0.25) is 10.5 Å². The first-order valence-corrected chi connectivity index (χ1v) is 3.67. The number of rotatable bonds is 0. The quantitative estimate of drug-likeness (QED) is 0.508. The minimum absolute atomic E-state index is 0.0810. The summed E-state index contributed by atoms with van der Waals surface area (Å²) in [5.41, 5.74) is 3.60. The van der Waals surface area contributed by atoms with Crippen molar-refractivity contribution < 1.29 is 9.94 Å². The molecule has 11 heavy (non-hydrogen) atoms. The summed E-state index contributed by atoms with van der Waals surface area (Å²) < 4.78 is 0. The van der Waals surface area contributed by atoms with Gasteiger partial charge in [-0.1, -0.05) is 0 Å². The highest BCUT2D eigenvalue weighted by Gasteiger charge is 2.31. The zero-order valence-electron chi connectivity index (χ0n) is 6.03. The zero-order valence-corrected chi connectivity index (χ0v) is 6.03. The van der Waals surface area contributed by atoms with E-state index in [1.165, 1.54) is 0 Å². The van der Waals surface area contributed by atoms with Crippen molar-refractivity contribution in [1.29, 1.82) is 0 Å². The lowest BCUT2D eigenvalue weighted by Gasteiger charge is -2.07. The van der Waals surface area contributed by atoms with Crippen LogP contribution in [0.2, 0.25) is 0 Å². The Kier molecular flexibility index (Phi) is 1.63. The molecule has 0 radical (unpaired) electrons.